The summed E-state index contributed by atoms with van der Waals surface area (Å²) in [7, 11) is 0. The van der Waals surface area contributed by atoms with Crippen LogP contribution in [0.5, 0.6) is 5.75 Å². The minimum Gasteiger partial charge on any atom is -0.494 e. The molecule has 1 spiro atoms. The Morgan fingerprint density at radius 3 is 2.69 bits per heavy atom. The predicted molar refractivity (Wildman–Crippen MR) is 96.8 cm³/mol. The van der Waals surface area contributed by atoms with E-state index in [-0.39, 0.29) is 18.4 Å². The first-order valence-corrected chi connectivity index (χ1v) is 9.13. The summed E-state index contributed by atoms with van der Waals surface area (Å²) in [5.74, 6) is 0.106. The van der Waals surface area contributed by atoms with Gasteiger partial charge < -0.3 is 15.4 Å². The highest BCUT2D eigenvalue weighted by atomic mass is 16.5. The van der Waals surface area contributed by atoms with E-state index in [4.69, 9.17) is 4.74 Å². The third-order valence-corrected chi connectivity index (χ3v) is 5.25. The largest absolute Gasteiger partial charge is 0.494 e. The first kappa shape index (κ1) is 18.2. The molecule has 1 saturated carbocycles. The Balaban J connectivity index is 1.63. The summed E-state index contributed by atoms with van der Waals surface area (Å²) in [5.41, 5.74) is -0.249. The quantitative estimate of drug-likeness (QED) is 0.791. The number of nitrogens with one attached hydrogen (secondary N) is 2. The molecular weight excluding hydrogens is 334 g/mol. The summed E-state index contributed by atoms with van der Waals surface area (Å²) in [6.07, 6.45) is 3.50. The van der Waals surface area contributed by atoms with E-state index in [1.54, 1.807) is 24.3 Å². The Hall–Kier alpha value is -2.57. The van der Waals surface area contributed by atoms with E-state index in [2.05, 4.69) is 10.6 Å². The number of hydrogen-bond acceptors (Lipinski definition) is 4. The van der Waals surface area contributed by atoms with E-state index in [0.717, 1.165) is 24.2 Å². The van der Waals surface area contributed by atoms with Crippen molar-refractivity contribution in [2.24, 2.45) is 5.92 Å². The monoisotopic (exact) mass is 359 g/mol. The van der Waals surface area contributed by atoms with E-state index < -0.39 is 17.5 Å². The Morgan fingerprint density at radius 2 is 2.04 bits per heavy atom. The fraction of sp³-hybridized carbons (Fsp3) is 0.526. The molecule has 1 aliphatic heterocycles. The standard InChI is InChI=1S/C19H25N3O4/c1-3-26-15-9-7-14(8-10-15)20-16(23)12-22-17(24)19(21-18(22)25)11-5-4-6-13(19)2/h7-10,13H,3-6,11-12H2,1-2H3,(H,20,23)(H,21,25)/t13-,19+/m0/s1. The highest BCUT2D eigenvalue weighted by molar-refractivity contribution is 6.10. The lowest BCUT2D eigenvalue weighted by Gasteiger charge is -2.36. The SMILES string of the molecule is CCOc1ccc(NC(=O)CN2C(=O)N[C@@]3(CCCC[C@@H]3C)C2=O)cc1. The third kappa shape index (κ3) is 3.38. The molecule has 2 fully saturated rings. The number of amides is 4. The molecule has 26 heavy (non-hydrogen) atoms. The molecule has 1 saturated heterocycles. The lowest BCUT2D eigenvalue weighted by atomic mass is 9.73. The van der Waals surface area contributed by atoms with E-state index in [1.165, 1.54) is 0 Å². The van der Waals surface area contributed by atoms with Gasteiger partial charge in [0.1, 0.15) is 17.8 Å². The number of urea groups is 1. The molecule has 4 amide bonds. The maximum Gasteiger partial charge on any atom is 0.325 e. The first-order valence-electron chi connectivity index (χ1n) is 9.13. The zero-order valence-electron chi connectivity index (χ0n) is 15.2. The van der Waals surface area contributed by atoms with Gasteiger partial charge >= 0.3 is 6.03 Å². The second-order valence-electron chi connectivity index (χ2n) is 6.95. The molecule has 7 nitrogen and oxygen atoms in total. The van der Waals surface area contributed by atoms with Crippen molar-refractivity contribution in [3.8, 4) is 5.75 Å². The number of ether oxygens (including phenoxy) is 1. The van der Waals surface area contributed by atoms with Crippen molar-refractivity contribution in [3.63, 3.8) is 0 Å². The number of hydrogen-bond donors (Lipinski definition) is 2. The van der Waals surface area contributed by atoms with Crippen LogP contribution in [0.2, 0.25) is 0 Å². The number of carbonyl (C=O) groups excluding carboxylic acids is 3. The topological polar surface area (TPSA) is 87.7 Å². The van der Waals surface area contributed by atoms with Crippen LogP contribution in [0.1, 0.15) is 39.5 Å². The summed E-state index contributed by atoms with van der Waals surface area (Å²) in [6.45, 7) is 4.17. The van der Waals surface area contributed by atoms with Crippen molar-refractivity contribution in [2.45, 2.75) is 45.1 Å². The van der Waals surface area contributed by atoms with Crippen LogP contribution in [-0.4, -0.2) is 41.4 Å². The number of imide groups is 1. The maximum atomic E-state index is 12.9. The van der Waals surface area contributed by atoms with E-state index in [1.807, 2.05) is 13.8 Å². The van der Waals surface area contributed by atoms with Crippen molar-refractivity contribution in [2.75, 3.05) is 18.5 Å². The van der Waals surface area contributed by atoms with Gasteiger partial charge in [0.25, 0.3) is 5.91 Å². The molecule has 3 rings (SSSR count). The Morgan fingerprint density at radius 1 is 1.31 bits per heavy atom. The minimum atomic E-state index is -0.839. The minimum absolute atomic E-state index is 0.0758. The number of rotatable bonds is 5. The third-order valence-electron chi connectivity index (χ3n) is 5.25. The van der Waals surface area contributed by atoms with Crippen molar-refractivity contribution in [1.29, 1.82) is 0 Å². The van der Waals surface area contributed by atoms with Crippen LogP contribution in [0.25, 0.3) is 0 Å². The molecule has 1 aromatic rings. The summed E-state index contributed by atoms with van der Waals surface area (Å²) in [6, 6.07) is 6.47. The maximum absolute atomic E-state index is 12.9. The second kappa shape index (κ2) is 7.35. The van der Waals surface area contributed by atoms with Crippen molar-refractivity contribution < 1.29 is 19.1 Å². The molecule has 2 aliphatic rings. The smallest absolute Gasteiger partial charge is 0.325 e. The molecule has 1 aliphatic carbocycles. The highest BCUT2D eigenvalue weighted by Crippen LogP contribution is 2.38. The van der Waals surface area contributed by atoms with Gasteiger partial charge in [-0.2, -0.15) is 0 Å². The molecular formula is C19H25N3O4. The van der Waals surface area contributed by atoms with E-state index in [9.17, 15) is 14.4 Å². The summed E-state index contributed by atoms with van der Waals surface area (Å²) in [4.78, 5) is 38.5. The molecule has 2 atom stereocenters. The fourth-order valence-corrected chi connectivity index (χ4v) is 3.78. The van der Waals surface area contributed by atoms with E-state index >= 15 is 0 Å². The molecule has 0 unspecified atom stereocenters. The molecule has 140 valence electrons. The number of anilines is 1. The van der Waals surface area contributed by atoms with Gasteiger partial charge in [-0.3, -0.25) is 14.5 Å². The molecule has 1 aromatic carbocycles. The predicted octanol–water partition coefficient (Wildman–Crippen LogP) is 2.52. The molecule has 0 bridgehead atoms. The van der Waals surface area contributed by atoms with Gasteiger partial charge in [0.05, 0.1) is 6.61 Å². The van der Waals surface area contributed by atoms with Crippen molar-refractivity contribution >= 4 is 23.5 Å². The normalized spacial score (nSPS) is 25.3. The van der Waals surface area contributed by atoms with E-state index in [0.29, 0.717) is 24.5 Å². The fourth-order valence-electron chi connectivity index (χ4n) is 3.78. The van der Waals surface area contributed by atoms with Crippen molar-refractivity contribution in [1.82, 2.24) is 10.2 Å². The zero-order chi connectivity index (χ0) is 18.7. The van der Waals surface area contributed by atoms with Gasteiger partial charge in [-0.1, -0.05) is 19.8 Å². The van der Waals surface area contributed by atoms with Crippen LogP contribution in [0.3, 0.4) is 0 Å². The van der Waals surface area contributed by atoms with Gasteiger partial charge in [-0.05, 0) is 49.9 Å². The average molecular weight is 359 g/mol. The first-order chi connectivity index (χ1) is 12.5. The highest BCUT2D eigenvalue weighted by Gasteiger charge is 2.55. The van der Waals surface area contributed by atoms with Crippen LogP contribution in [0, 0.1) is 5.92 Å². The van der Waals surface area contributed by atoms with Crippen LogP contribution in [0.4, 0.5) is 10.5 Å². The summed E-state index contributed by atoms with van der Waals surface area (Å²) >= 11 is 0. The second-order valence-corrected chi connectivity index (χ2v) is 6.95. The van der Waals surface area contributed by atoms with Crippen LogP contribution in [0.15, 0.2) is 24.3 Å². The average Bonchev–Trinajstić information content (AvgIpc) is 2.85. The number of nitrogens with zero attached hydrogens (tertiary/aromatic N) is 1. The van der Waals surface area contributed by atoms with Gasteiger partial charge in [-0.25, -0.2) is 4.79 Å². The van der Waals surface area contributed by atoms with Gasteiger partial charge in [-0.15, -0.1) is 0 Å². The molecule has 0 radical (unpaired) electrons. The number of benzene rings is 1. The summed E-state index contributed by atoms with van der Waals surface area (Å²) < 4.78 is 5.36. The lowest BCUT2D eigenvalue weighted by molar-refractivity contribution is -0.136. The Kier molecular flexibility index (Phi) is 5.15. The zero-order valence-corrected chi connectivity index (χ0v) is 15.2. The van der Waals surface area contributed by atoms with Gasteiger partial charge in [0.2, 0.25) is 5.91 Å². The van der Waals surface area contributed by atoms with Crippen molar-refractivity contribution in [3.05, 3.63) is 24.3 Å². The Bertz CT molecular complexity index is 703. The lowest BCUT2D eigenvalue weighted by Crippen LogP contribution is -2.54. The van der Waals surface area contributed by atoms with Crippen LogP contribution >= 0.6 is 0 Å². The molecule has 1 heterocycles. The van der Waals surface area contributed by atoms with Gasteiger partial charge in [0.15, 0.2) is 0 Å². The summed E-state index contributed by atoms with van der Waals surface area (Å²) in [5, 5.41) is 5.56. The molecule has 2 N–H and O–H groups in total. The Labute approximate surface area is 153 Å². The molecule has 7 heteroatoms. The van der Waals surface area contributed by atoms with Crippen LogP contribution in [-0.2, 0) is 9.59 Å². The van der Waals surface area contributed by atoms with Gasteiger partial charge in [0, 0.05) is 5.69 Å². The molecule has 0 aromatic heterocycles. The number of carbonyl (C=O) groups is 3. The van der Waals surface area contributed by atoms with Crippen LogP contribution < -0.4 is 15.4 Å².